The predicted molar refractivity (Wildman–Crippen MR) is 100.0 cm³/mol. The number of benzene rings is 1. The molecule has 2 N–H and O–H groups in total. The van der Waals surface area contributed by atoms with Crippen LogP contribution in [0.15, 0.2) is 35.2 Å². The highest BCUT2D eigenvalue weighted by molar-refractivity contribution is 7.90. The second-order valence-corrected chi connectivity index (χ2v) is 9.76. The van der Waals surface area contributed by atoms with E-state index in [-0.39, 0.29) is 16.4 Å². The summed E-state index contributed by atoms with van der Waals surface area (Å²) in [7, 11) is -3.31. The number of carbonyl (C=O) groups excluding carboxylic acids is 2. The molecule has 0 bridgehead atoms. The third-order valence-corrected chi connectivity index (χ3v) is 6.75. The highest BCUT2D eigenvalue weighted by Gasteiger charge is 2.21. The van der Waals surface area contributed by atoms with E-state index in [0.717, 1.165) is 25.5 Å². The molecular weight excluding hydrogens is 372 g/mol. The number of hydrazine groups is 1. The van der Waals surface area contributed by atoms with Crippen molar-refractivity contribution in [3.05, 3.63) is 51.2 Å². The van der Waals surface area contributed by atoms with E-state index in [0.29, 0.717) is 10.8 Å². The van der Waals surface area contributed by atoms with Gasteiger partial charge in [-0.3, -0.25) is 20.4 Å². The highest BCUT2D eigenvalue weighted by Crippen LogP contribution is 2.32. The molecule has 0 saturated carbocycles. The molecule has 138 valence electrons. The summed E-state index contributed by atoms with van der Waals surface area (Å²) in [4.78, 5) is 26.3. The third kappa shape index (κ3) is 4.13. The van der Waals surface area contributed by atoms with E-state index >= 15 is 0 Å². The van der Waals surface area contributed by atoms with Gasteiger partial charge < -0.3 is 0 Å². The molecule has 1 aromatic carbocycles. The summed E-state index contributed by atoms with van der Waals surface area (Å²) < 4.78 is 22.9. The molecule has 2 aromatic rings. The molecule has 1 atom stereocenters. The summed E-state index contributed by atoms with van der Waals surface area (Å²) in [6.07, 6.45) is 4.21. The minimum atomic E-state index is -3.31. The number of sulfone groups is 1. The van der Waals surface area contributed by atoms with Crippen LogP contribution in [-0.4, -0.2) is 26.5 Å². The van der Waals surface area contributed by atoms with E-state index < -0.39 is 15.7 Å². The van der Waals surface area contributed by atoms with E-state index in [1.54, 1.807) is 0 Å². The van der Waals surface area contributed by atoms with E-state index in [2.05, 4.69) is 17.8 Å². The normalized spacial score (nSPS) is 16.6. The van der Waals surface area contributed by atoms with Gasteiger partial charge in [0.1, 0.15) is 0 Å². The van der Waals surface area contributed by atoms with Crippen LogP contribution in [0.4, 0.5) is 0 Å². The summed E-state index contributed by atoms with van der Waals surface area (Å²) in [5, 5.41) is 0. The first-order chi connectivity index (χ1) is 12.2. The van der Waals surface area contributed by atoms with E-state index in [1.807, 2.05) is 6.07 Å². The fraction of sp³-hybridized carbons (Fsp3) is 0.333. The van der Waals surface area contributed by atoms with E-state index in [9.17, 15) is 18.0 Å². The van der Waals surface area contributed by atoms with Gasteiger partial charge in [0.25, 0.3) is 11.8 Å². The van der Waals surface area contributed by atoms with Crippen molar-refractivity contribution >= 4 is 33.0 Å². The van der Waals surface area contributed by atoms with Crippen LogP contribution in [0.1, 0.15) is 43.8 Å². The van der Waals surface area contributed by atoms with Crippen molar-refractivity contribution in [1.82, 2.24) is 10.9 Å². The average molecular weight is 393 g/mol. The fourth-order valence-electron chi connectivity index (χ4n) is 2.92. The summed E-state index contributed by atoms with van der Waals surface area (Å²) in [6, 6.07) is 7.44. The minimum Gasteiger partial charge on any atom is -0.267 e. The monoisotopic (exact) mass is 392 g/mol. The molecule has 6 nitrogen and oxygen atoms in total. The minimum absolute atomic E-state index is 0.136. The van der Waals surface area contributed by atoms with Crippen LogP contribution < -0.4 is 10.9 Å². The number of hydrogen-bond acceptors (Lipinski definition) is 5. The van der Waals surface area contributed by atoms with E-state index in [1.165, 1.54) is 46.0 Å². The van der Waals surface area contributed by atoms with Crippen LogP contribution in [0.25, 0.3) is 0 Å². The second-order valence-electron chi connectivity index (χ2n) is 6.61. The zero-order chi connectivity index (χ0) is 18.9. The molecule has 1 aliphatic rings. The van der Waals surface area contributed by atoms with Crippen molar-refractivity contribution in [2.24, 2.45) is 5.92 Å². The fourth-order valence-corrected chi connectivity index (χ4v) is 4.65. The molecule has 0 fully saturated rings. The number of amides is 2. The van der Waals surface area contributed by atoms with Gasteiger partial charge in [-0.1, -0.05) is 6.92 Å². The molecule has 0 spiro atoms. The lowest BCUT2D eigenvalue weighted by Gasteiger charge is -2.16. The molecule has 0 saturated heterocycles. The smallest absolute Gasteiger partial charge is 0.267 e. The van der Waals surface area contributed by atoms with Gasteiger partial charge in [0.15, 0.2) is 9.84 Å². The van der Waals surface area contributed by atoms with Crippen molar-refractivity contribution in [3.63, 3.8) is 0 Å². The number of hydrogen-bond donors (Lipinski definition) is 2. The van der Waals surface area contributed by atoms with Gasteiger partial charge in [0.05, 0.1) is 9.77 Å². The molecule has 1 aromatic heterocycles. The molecule has 8 heteroatoms. The maximum atomic E-state index is 12.3. The average Bonchev–Trinajstić information content (AvgIpc) is 3.02. The number of thiophene rings is 1. The topological polar surface area (TPSA) is 92.3 Å². The maximum absolute atomic E-state index is 12.3. The lowest BCUT2D eigenvalue weighted by atomic mass is 9.90. The quantitative estimate of drug-likeness (QED) is 0.785. The van der Waals surface area contributed by atoms with Gasteiger partial charge in [0, 0.05) is 16.7 Å². The van der Waals surface area contributed by atoms with Gasteiger partial charge in [-0.05, 0) is 61.1 Å². The number of carbonyl (C=O) groups is 2. The zero-order valence-corrected chi connectivity index (χ0v) is 16.2. The van der Waals surface area contributed by atoms with Crippen molar-refractivity contribution < 1.29 is 18.0 Å². The molecule has 2 amide bonds. The van der Waals surface area contributed by atoms with Crippen LogP contribution in [0.3, 0.4) is 0 Å². The lowest BCUT2D eigenvalue weighted by Crippen LogP contribution is -2.41. The molecule has 0 unspecified atom stereocenters. The Hall–Kier alpha value is -2.19. The van der Waals surface area contributed by atoms with Crippen LogP contribution in [0.5, 0.6) is 0 Å². The number of aryl methyl sites for hydroxylation is 1. The van der Waals surface area contributed by atoms with Crippen molar-refractivity contribution in [3.8, 4) is 0 Å². The van der Waals surface area contributed by atoms with Gasteiger partial charge >= 0.3 is 0 Å². The summed E-state index contributed by atoms with van der Waals surface area (Å²) >= 11 is 1.47. The lowest BCUT2D eigenvalue weighted by molar-refractivity contribution is 0.0849. The van der Waals surface area contributed by atoms with Crippen molar-refractivity contribution in [2.75, 3.05) is 6.26 Å². The van der Waals surface area contributed by atoms with Crippen LogP contribution in [0.2, 0.25) is 0 Å². The predicted octanol–water partition coefficient (Wildman–Crippen LogP) is 2.35. The number of rotatable bonds is 3. The first-order valence-corrected chi connectivity index (χ1v) is 11.0. The third-order valence-electron chi connectivity index (χ3n) is 4.39. The molecule has 26 heavy (non-hydrogen) atoms. The molecular formula is C18H20N2O4S2. The zero-order valence-electron chi connectivity index (χ0n) is 14.5. The van der Waals surface area contributed by atoms with Gasteiger partial charge in [-0.15, -0.1) is 11.3 Å². The Labute approximate surface area is 156 Å². The second kappa shape index (κ2) is 7.20. The molecule has 1 heterocycles. The first-order valence-electron chi connectivity index (χ1n) is 8.26. The Morgan fingerprint density at radius 1 is 1.12 bits per heavy atom. The Kier molecular flexibility index (Phi) is 5.15. The maximum Gasteiger partial charge on any atom is 0.279 e. The Bertz CT molecular complexity index is 946. The summed E-state index contributed by atoms with van der Waals surface area (Å²) in [5.74, 6) is -0.228. The summed E-state index contributed by atoms with van der Waals surface area (Å²) in [5.41, 5.74) is 6.26. The van der Waals surface area contributed by atoms with Crippen LogP contribution >= 0.6 is 11.3 Å². The van der Waals surface area contributed by atoms with Gasteiger partial charge in [0.2, 0.25) is 0 Å². The number of nitrogens with one attached hydrogen (secondary N) is 2. The first kappa shape index (κ1) is 18.6. The van der Waals surface area contributed by atoms with Crippen molar-refractivity contribution in [1.29, 1.82) is 0 Å². The van der Waals surface area contributed by atoms with Gasteiger partial charge in [-0.2, -0.15) is 0 Å². The van der Waals surface area contributed by atoms with Crippen molar-refractivity contribution in [2.45, 2.75) is 31.1 Å². The molecule has 1 aliphatic carbocycles. The van der Waals surface area contributed by atoms with E-state index in [4.69, 9.17) is 0 Å². The largest absolute Gasteiger partial charge is 0.279 e. The molecule has 0 aliphatic heterocycles. The molecule has 3 rings (SSSR count). The van der Waals surface area contributed by atoms with Crippen LogP contribution in [-0.2, 0) is 22.7 Å². The summed E-state index contributed by atoms with van der Waals surface area (Å²) in [6.45, 7) is 2.20. The Balaban J connectivity index is 1.62. The van der Waals surface area contributed by atoms with Crippen LogP contribution in [0, 0.1) is 5.92 Å². The highest BCUT2D eigenvalue weighted by atomic mass is 32.2. The number of fused-ring (bicyclic) bond motifs is 1. The standard InChI is InChI=1S/C18H20N2O4S2/c1-11-3-8-15-13(9-11)10-16(25-15)18(22)20-19-17(21)12-4-6-14(7-5-12)26(2,23)24/h4-7,10-11H,3,8-9H2,1-2H3,(H,19,21)(H,20,22)/t11-/m1/s1. The molecule has 0 radical (unpaired) electrons. The SMILES string of the molecule is C[C@@H]1CCc2sc(C(=O)NNC(=O)c3ccc(S(C)(=O)=O)cc3)cc2C1. The Morgan fingerprint density at radius 2 is 1.77 bits per heavy atom. The van der Waals surface area contributed by atoms with Gasteiger partial charge in [-0.25, -0.2) is 8.42 Å². The Morgan fingerprint density at radius 3 is 2.42 bits per heavy atom.